The summed E-state index contributed by atoms with van der Waals surface area (Å²) in [6.07, 6.45) is -3.26. The zero-order valence-corrected chi connectivity index (χ0v) is 18.6. The highest BCUT2D eigenvalue weighted by Gasteiger charge is 2.42. The van der Waals surface area contributed by atoms with Gasteiger partial charge in [0.15, 0.2) is 5.69 Å². The molecule has 12 heteroatoms. The highest BCUT2D eigenvalue weighted by molar-refractivity contribution is 6.04. The van der Waals surface area contributed by atoms with E-state index < -0.39 is 23.5 Å². The Morgan fingerprint density at radius 3 is 2.63 bits per heavy atom. The number of carbonyl (C=O) groups excluding carboxylic acids is 2. The fraction of sp³-hybridized carbons (Fsp3) is 0.304. The summed E-state index contributed by atoms with van der Waals surface area (Å²) in [4.78, 5) is 34.0. The zero-order chi connectivity index (χ0) is 25.0. The smallest absolute Gasteiger partial charge is 0.450 e. The first-order valence-corrected chi connectivity index (χ1v) is 10.8. The first-order chi connectivity index (χ1) is 16.7. The van der Waals surface area contributed by atoms with Crippen molar-refractivity contribution in [1.82, 2.24) is 14.9 Å². The predicted molar refractivity (Wildman–Crippen MR) is 120 cm³/mol. The monoisotopic (exact) mass is 489 g/mol. The van der Waals surface area contributed by atoms with E-state index in [4.69, 9.17) is 9.15 Å². The van der Waals surface area contributed by atoms with E-state index in [-0.39, 0.29) is 23.7 Å². The second-order valence-corrected chi connectivity index (χ2v) is 7.72. The number of rotatable bonds is 6. The molecule has 1 aromatic carbocycles. The fourth-order valence-electron chi connectivity index (χ4n) is 3.58. The lowest BCUT2D eigenvalue weighted by atomic mass is 10.2. The van der Waals surface area contributed by atoms with E-state index in [9.17, 15) is 22.8 Å². The second kappa shape index (κ2) is 10.0. The minimum atomic E-state index is -4.91. The molecule has 0 spiro atoms. The van der Waals surface area contributed by atoms with E-state index in [1.165, 1.54) is 24.4 Å². The van der Waals surface area contributed by atoms with Gasteiger partial charge in [-0.05, 0) is 37.6 Å². The number of halogens is 3. The van der Waals surface area contributed by atoms with E-state index in [0.29, 0.717) is 37.5 Å². The first-order valence-electron chi connectivity index (χ1n) is 10.8. The number of likely N-dealkylation sites (tertiary alicyclic amines) is 1. The number of amides is 2. The van der Waals surface area contributed by atoms with Crippen molar-refractivity contribution >= 4 is 23.5 Å². The largest absolute Gasteiger partial charge is 0.452 e. The minimum absolute atomic E-state index is 0.0340. The van der Waals surface area contributed by atoms with Gasteiger partial charge < -0.3 is 24.7 Å². The molecule has 1 saturated heterocycles. The molecule has 2 aromatic heterocycles. The number of alkyl halides is 3. The van der Waals surface area contributed by atoms with Crippen molar-refractivity contribution in [3.63, 3.8) is 0 Å². The average molecular weight is 489 g/mol. The van der Waals surface area contributed by atoms with Crippen LogP contribution < -0.4 is 10.6 Å². The molecule has 1 atom stereocenters. The molecule has 3 heterocycles. The Bertz CT molecular complexity index is 1180. The molecule has 2 N–H and O–H groups in total. The molecular weight excluding hydrogens is 467 g/mol. The van der Waals surface area contributed by atoms with Crippen LogP contribution in [0.25, 0.3) is 11.5 Å². The molecule has 0 radical (unpaired) electrons. The van der Waals surface area contributed by atoms with Gasteiger partial charge in [-0.2, -0.15) is 13.2 Å². The molecule has 35 heavy (non-hydrogen) atoms. The van der Waals surface area contributed by atoms with E-state index >= 15 is 0 Å². The summed E-state index contributed by atoms with van der Waals surface area (Å²) >= 11 is 0. The maximum Gasteiger partial charge on any atom is 0.452 e. The Hall–Kier alpha value is -4.09. The number of nitrogens with zero attached hydrogens (tertiary/aromatic N) is 3. The predicted octanol–water partition coefficient (Wildman–Crippen LogP) is 4.65. The molecule has 1 aliphatic heterocycles. The van der Waals surface area contributed by atoms with E-state index in [1.807, 2.05) is 0 Å². The summed E-state index contributed by atoms with van der Waals surface area (Å²) in [5.41, 5.74) is -0.386. The van der Waals surface area contributed by atoms with Gasteiger partial charge in [0, 0.05) is 24.7 Å². The number of oxazole rings is 1. The molecular formula is C23H22F3N5O4. The lowest BCUT2D eigenvalue weighted by Crippen LogP contribution is -2.32. The van der Waals surface area contributed by atoms with Gasteiger partial charge in [0.25, 0.3) is 5.91 Å². The van der Waals surface area contributed by atoms with E-state index in [0.717, 1.165) is 0 Å². The van der Waals surface area contributed by atoms with E-state index in [1.54, 1.807) is 36.1 Å². The minimum Gasteiger partial charge on any atom is -0.450 e. The summed E-state index contributed by atoms with van der Waals surface area (Å²) < 4.78 is 50.3. The van der Waals surface area contributed by atoms with Crippen LogP contribution in [0.15, 0.2) is 53.1 Å². The van der Waals surface area contributed by atoms with Gasteiger partial charge in [0.2, 0.25) is 11.7 Å². The SMILES string of the molecule is CCOC(=O)N1CC[C@@H](Nc2ccc(NC(=O)c3nc(-c4ccccc4)oc3C(F)(F)F)cn2)C1. The molecule has 2 amide bonds. The Labute approximate surface area is 198 Å². The number of benzene rings is 1. The van der Waals surface area contributed by atoms with Crippen LogP contribution >= 0.6 is 0 Å². The molecule has 1 aliphatic rings. The molecule has 0 unspecified atom stereocenters. The Balaban J connectivity index is 1.42. The number of hydrogen-bond donors (Lipinski definition) is 2. The average Bonchev–Trinajstić information content (AvgIpc) is 3.49. The van der Waals surface area contributed by atoms with Crippen LogP contribution in [0.2, 0.25) is 0 Å². The van der Waals surface area contributed by atoms with E-state index in [2.05, 4.69) is 20.6 Å². The van der Waals surface area contributed by atoms with Crippen molar-refractivity contribution in [3.05, 3.63) is 60.1 Å². The lowest BCUT2D eigenvalue weighted by Gasteiger charge is -2.16. The quantitative estimate of drug-likeness (QED) is 0.519. The Morgan fingerprint density at radius 2 is 1.97 bits per heavy atom. The number of nitrogens with one attached hydrogen (secondary N) is 2. The van der Waals surface area contributed by atoms with Gasteiger partial charge in [-0.15, -0.1) is 0 Å². The summed E-state index contributed by atoms with van der Waals surface area (Å²) in [5, 5.41) is 5.55. The summed E-state index contributed by atoms with van der Waals surface area (Å²) in [7, 11) is 0. The molecule has 184 valence electrons. The van der Waals surface area contributed by atoms with Crippen molar-refractivity contribution in [2.75, 3.05) is 30.3 Å². The molecule has 1 fully saturated rings. The fourth-order valence-corrected chi connectivity index (χ4v) is 3.58. The molecule has 3 aromatic rings. The van der Waals surface area contributed by atoms with Crippen molar-refractivity contribution in [2.24, 2.45) is 0 Å². The summed E-state index contributed by atoms with van der Waals surface area (Å²) in [6.45, 7) is 3.04. The van der Waals surface area contributed by atoms with Crippen molar-refractivity contribution < 1.29 is 31.9 Å². The standard InChI is InChI=1S/C23H22F3N5O4/c1-2-34-22(33)31-11-10-16(13-31)28-17-9-8-15(12-27-17)29-20(32)18-19(23(24,25)26)35-21(30-18)14-6-4-3-5-7-14/h3-9,12,16H,2,10-11,13H2,1H3,(H,27,28)(H,29,32)/t16-/m1/s1. The summed E-state index contributed by atoms with van der Waals surface area (Å²) in [5.74, 6) is -2.38. The number of ether oxygens (including phenoxy) is 1. The van der Waals surface area contributed by atoms with Gasteiger partial charge in [-0.25, -0.2) is 14.8 Å². The maximum absolute atomic E-state index is 13.5. The van der Waals surface area contributed by atoms with Crippen LogP contribution in [0.3, 0.4) is 0 Å². The number of hydrogen-bond acceptors (Lipinski definition) is 7. The van der Waals surface area contributed by atoms with Crippen LogP contribution in [0.4, 0.5) is 29.5 Å². The third-order valence-corrected chi connectivity index (χ3v) is 5.21. The third kappa shape index (κ3) is 5.70. The summed E-state index contributed by atoms with van der Waals surface area (Å²) in [6, 6.07) is 11.0. The van der Waals surface area contributed by atoms with Crippen LogP contribution in [0, 0.1) is 0 Å². The molecule has 0 saturated carbocycles. The number of anilines is 2. The van der Waals surface area contributed by atoms with Crippen LogP contribution in [0.1, 0.15) is 29.6 Å². The molecule has 4 rings (SSSR count). The van der Waals surface area contributed by atoms with Crippen LogP contribution in [0.5, 0.6) is 0 Å². The van der Waals surface area contributed by atoms with Gasteiger partial charge in [0.1, 0.15) is 5.82 Å². The molecule has 0 aliphatic carbocycles. The molecule has 0 bridgehead atoms. The molecule has 9 nitrogen and oxygen atoms in total. The van der Waals surface area contributed by atoms with Gasteiger partial charge in [0.05, 0.1) is 18.5 Å². The third-order valence-electron chi connectivity index (χ3n) is 5.21. The Kier molecular flexibility index (Phi) is 6.90. The van der Waals surface area contributed by atoms with Crippen molar-refractivity contribution in [2.45, 2.75) is 25.6 Å². The van der Waals surface area contributed by atoms with Crippen molar-refractivity contribution in [3.8, 4) is 11.5 Å². The highest BCUT2D eigenvalue weighted by atomic mass is 19.4. The van der Waals surface area contributed by atoms with Gasteiger partial charge in [-0.3, -0.25) is 4.79 Å². The Morgan fingerprint density at radius 1 is 1.20 bits per heavy atom. The number of pyridine rings is 1. The topological polar surface area (TPSA) is 110 Å². The maximum atomic E-state index is 13.5. The van der Waals surface area contributed by atoms with Gasteiger partial charge in [-0.1, -0.05) is 18.2 Å². The van der Waals surface area contributed by atoms with Crippen molar-refractivity contribution in [1.29, 1.82) is 0 Å². The van der Waals surface area contributed by atoms with Crippen LogP contribution in [-0.2, 0) is 10.9 Å². The number of aromatic nitrogens is 2. The lowest BCUT2D eigenvalue weighted by molar-refractivity contribution is -0.153. The first kappa shape index (κ1) is 24.0. The zero-order valence-electron chi connectivity index (χ0n) is 18.6. The second-order valence-electron chi connectivity index (χ2n) is 7.72. The van der Waals surface area contributed by atoms with Crippen LogP contribution in [-0.4, -0.2) is 52.6 Å². The highest BCUT2D eigenvalue weighted by Crippen LogP contribution is 2.35. The normalized spacial score (nSPS) is 15.7. The number of carbonyl (C=O) groups is 2. The van der Waals surface area contributed by atoms with Gasteiger partial charge >= 0.3 is 12.3 Å².